The molecule has 2 rings (SSSR count). The molecule has 0 unspecified atom stereocenters. The first-order valence-corrected chi connectivity index (χ1v) is 7.89. The number of hydrogen-bond acceptors (Lipinski definition) is 1. The lowest BCUT2D eigenvalue weighted by Gasteiger charge is -2.11. The molecule has 0 aliphatic heterocycles. The summed E-state index contributed by atoms with van der Waals surface area (Å²) in [7, 11) is 1.90. The molecule has 0 bridgehead atoms. The summed E-state index contributed by atoms with van der Waals surface area (Å²) in [6.45, 7) is 4.45. The first-order valence-electron chi connectivity index (χ1n) is 7.13. The summed E-state index contributed by atoms with van der Waals surface area (Å²) >= 11 is 12.1. The highest BCUT2D eigenvalue weighted by Crippen LogP contribution is 2.31. The monoisotopic (exact) mass is 444 g/mol. The Morgan fingerprint density at radius 3 is 2.62 bits per heavy atom. The topological polar surface area (TPSA) is 41.4 Å². The van der Waals surface area contributed by atoms with Crippen molar-refractivity contribution in [3.05, 3.63) is 21.9 Å². The maximum atomic E-state index is 6.05. The number of nitrogens with one attached hydrogen (secondary N) is 2. The fraction of sp³-hybridized carbons (Fsp3) is 0.643. The van der Waals surface area contributed by atoms with Gasteiger partial charge in [-0.15, -0.1) is 24.0 Å². The highest BCUT2D eigenvalue weighted by Gasteiger charge is 2.20. The van der Waals surface area contributed by atoms with Crippen molar-refractivity contribution in [2.75, 3.05) is 13.1 Å². The maximum Gasteiger partial charge on any atom is 0.191 e. The van der Waals surface area contributed by atoms with Crippen LogP contribution in [0.4, 0.5) is 0 Å². The first-order chi connectivity index (χ1) is 9.61. The highest BCUT2D eigenvalue weighted by atomic mass is 127. The summed E-state index contributed by atoms with van der Waals surface area (Å²) in [6.07, 6.45) is 4.00. The van der Waals surface area contributed by atoms with Crippen LogP contribution in [0, 0.1) is 5.92 Å². The third-order valence-corrected chi connectivity index (χ3v) is 4.34. The average Bonchev–Trinajstić information content (AvgIpc) is 3.21. The molecule has 4 nitrogen and oxygen atoms in total. The van der Waals surface area contributed by atoms with Crippen molar-refractivity contribution in [2.24, 2.45) is 18.0 Å². The van der Waals surface area contributed by atoms with Crippen LogP contribution in [0.2, 0.25) is 10.2 Å². The predicted molar refractivity (Wildman–Crippen MR) is 101 cm³/mol. The predicted octanol–water partition coefficient (Wildman–Crippen LogP) is 3.81. The Morgan fingerprint density at radius 2 is 2.10 bits per heavy atom. The molecule has 1 fully saturated rings. The van der Waals surface area contributed by atoms with Crippen molar-refractivity contribution >= 4 is 53.1 Å². The van der Waals surface area contributed by atoms with Crippen molar-refractivity contribution in [2.45, 2.75) is 32.7 Å². The molecule has 0 radical (unpaired) electrons. The fourth-order valence-electron chi connectivity index (χ4n) is 2.04. The molecule has 2 N–H and O–H groups in total. The molecule has 1 aromatic heterocycles. The normalized spacial score (nSPS) is 14.8. The van der Waals surface area contributed by atoms with Crippen molar-refractivity contribution < 1.29 is 0 Å². The molecule has 1 aromatic rings. The molecule has 1 aliphatic rings. The SMILES string of the molecule is CCNC(=NCc1cc(Cl)c(Cl)n1C)NCCC1CC1.I. The molecule has 0 amide bonds. The first kappa shape index (κ1) is 18.9. The Bertz CT molecular complexity index is 484. The number of nitrogens with zero attached hydrogens (tertiary/aromatic N) is 2. The molecule has 0 atom stereocenters. The Labute approximate surface area is 153 Å². The lowest BCUT2D eigenvalue weighted by Crippen LogP contribution is -2.37. The van der Waals surface area contributed by atoms with E-state index < -0.39 is 0 Å². The number of halogens is 3. The third kappa shape index (κ3) is 5.87. The maximum absolute atomic E-state index is 6.05. The quantitative estimate of drug-likeness (QED) is 0.398. The van der Waals surface area contributed by atoms with E-state index in [1.807, 2.05) is 17.7 Å². The van der Waals surface area contributed by atoms with E-state index in [2.05, 4.69) is 22.5 Å². The van der Waals surface area contributed by atoms with Crippen LogP contribution < -0.4 is 10.6 Å². The number of rotatable bonds is 6. The lowest BCUT2D eigenvalue weighted by molar-refractivity contribution is 0.684. The van der Waals surface area contributed by atoms with E-state index in [0.29, 0.717) is 16.7 Å². The van der Waals surface area contributed by atoms with Gasteiger partial charge in [-0.2, -0.15) is 0 Å². The van der Waals surface area contributed by atoms with E-state index in [1.165, 1.54) is 19.3 Å². The lowest BCUT2D eigenvalue weighted by atomic mass is 10.3. The van der Waals surface area contributed by atoms with Crippen LogP contribution in [0.5, 0.6) is 0 Å². The summed E-state index contributed by atoms with van der Waals surface area (Å²) < 4.78 is 1.86. The Balaban J connectivity index is 0.00000220. The van der Waals surface area contributed by atoms with Gasteiger partial charge in [0.1, 0.15) is 5.15 Å². The minimum atomic E-state index is 0. The van der Waals surface area contributed by atoms with Gasteiger partial charge >= 0.3 is 0 Å². The van der Waals surface area contributed by atoms with Crippen LogP contribution in [-0.2, 0) is 13.6 Å². The van der Waals surface area contributed by atoms with Crippen LogP contribution in [-0.4, -0.2) is 23.6 Å². The van der Waals surface area contributed by atoms with E-state index in [0.717, 1.165) is 30.7 Å². The van der Waals surface area contributed by atoms with Gasteiger partial charge in [0.2, 0.25) is 0 Å². The van der Waals surface area contributed by atoms with Gasteiger partial charge in [-0.1, -0.05) is 36.0 Å². The zero-order valence-electron chi connectivity index (χ0n) is 12.5. The van der Waals surface area contributed by atoms with E-state index in [9.17, 15) is 0 Å². The molecule has 0 saturated heterocycles. The van der Waals surface area contributed by atoms with Crippen molar-refractivity contribution in [3.8, 4) is 0 Å². The Hall–Kier alpha value is -0.140. The van der Waals surface area contributed by atoms with Gasteiger partial charge in [0.25, 0.3) is 0 Å². The molecule has 7 heteroatoms. The Morgan fingerprint density at radius 1 is 1.38 bits per heavy atom. The second-order valence-electron chi connectivity index (χ2n) is 5.19. The molecule has 1 heterocycles. The molecular formula is C14H23Cl2IN4. The van der Waals surface area contributed by atoms with Crippen LogP contribution in [0.1, 0.15) is 31.9 Å². The number of hydrogen-bond donors (Lipinski definition) is 2. The Kier molecular flexibility index (Phi) is 8.19. The second kappa shape index (κ2) is 9.10. The fourth-order valence-corrected chi connectivity index (χ4v) is 2.46. The van der Waals surface area contributed by atoms with Crippen LogP contribution in [0.3, 0.4) is 0 Å². The van der Waals surface area contributed by atoms with Gasteiger partial charge in [-0.25, -0.2) is 4.99 Å². The van der Waals surface area contributed by atoms with E-state index >= 15 is 0 Å². The molecule has 0 aromatic carbocycles. The van der Waals surface area contributed by atoms with Gasteiger partial charge in [0.15, 0.2) is 5.96 Å². The minimum Gasteiger partial charge on any atom is -0.357 e. The molecule has 1 saturated carbocycles. The largest absolute Gasteiger partial charge is 0.357 e. The highest BCUT2D eigenvalue weighted by molar-refractivity contribution is 14.0. The molecule has 120 valence electrons. The van der Waals surface area contributed by atoms with Crippen molar-refractivity contribution in [1.29, 1.82) is 0 Å². The van der Waals surface area contributed by atoms with Gasteiger partial charge in [0.05, 0.1) is 11.6 Å². The molecular weight excluding hydrogens is 422 g/mol. The molecule has 0 spiro atoms. The van der Waals surface area contributed by atoms with Crippen LogP contribution in [0.15, 0.2) is 11.1 Å². The van der Waals surface area contributed by atoms with Gasteiger partial charge in [0, 0.05) is 25.8 Å². The van der Waals surface area contributed by atoms with Crippen molar-refractivity contribution in [3.63, 3.8) is 0 Å². The van der Waals surface area contributed by atoms with Gasteiger partial charge in [-0.3, -0.25) is 0 Å². The average molecular weight is 445 g/mol. The van der Waals surface area contributed by atoms with Crippen LogP contribution in [0.25, 0.3) is 0 Å². The molecule has 1 aliphatic carbocycles. The zero-order chi connectivity index (χ0) is 14.5. The summed E-state index contributed by atoms with van der Waals surface area (Å²) in [5.74, 6) is 1.78. The summed E-state index contributed by atoms with van der Waals surface area (Å²) in [5, 5.41) is 7.75. The van der Waals surface area contributed by atoms with Gasteiger partial charge in [-0.05, 0) is 25.3 Å². The van der Waals surface area contributed by atoms with Gasteiger partial charge < -0.3 is 15.2 Å². The molecule has 21 heavy (non-hydrogen) atoms. The zero-order valence-corrected chi connectivity index (χ0v) is 16.3. The summed E-state index contributed by atoms with van der Waals surface area (Å²) in [6, 6.07) is 1.86. The van der Waals surface area contributed by atoms with E-state index in [4.69, 9.17) is 23.2 Å². The number of aliphatic imine (C=N–C) groups is 1. The summed E-state index contributed by atoms with van der Waals surface area (Å²) in [5.41, 5.74) is 0.999. The number of guanidine groups is 1. The second-order valence-corrected chi connectivity index (χ2v) is 5.95. The minimum absolute atomic E-state index is 0. The third-order valence-electron chi connectivity index (χ3n) is 3.50. The summed E-state index contributed by atoms with van der Waals surface area (Å²) in [4.78, 5) is 4.57. The number of aromatic nitrogens is 1. The van der Waals surface area contributed by atoms with Crippen molar-refractivity contribution in [1.82, 2.24) is 15.2 Å². The standard InChI is InChI=1S/C14H22Cl2N4.HI/c1-3-17-14(18-7-6-10-4-5-10)19-9-11-8-12(15)13(16)20(11)2;/h8,10H,3-7,9H2,1-2H3,(H2,17,18,19);1H. The van der Waals surface area contributed by atoms with E-state index in [-0.39, 0.29) is 24.0 Å². The van der Waals surface area contributed by atoms with E-state index in [1.54, 1.807) is 0 Å². The van der Waals surface area contributed by atoms with Crippen LogP contribution >= 0.6 is 47.2 Å². The smallest absolute Gasteiger partial charge is 0.191 e.